The molecule has 7 rings (SSSR count). The summed E-state index contributed by atoms with van der Waals surface area (Å²) in [5, 5.41) is 3.16. The maximum atomic E-state index is 13.5. The highest BCUT2D eigenvalue weighted by Gasteiger charge is 2.36. The van der Waals surface area contributed by atoms with Crippen molar-refractivity contribution in [2.75, 3.05) is 18.0 Å². The summed E-state index contributed by atoms with van der Waals surface area (Å²) in [7, 11) is 0. The van der Waals surface area contributed by atoms with E-state index in [1.807, 2.05) is 66.7 Å². The maximum Gasteiger partial charge on any atom is 0.276 e. The molecule has 5 aromatic rings. The van der Waals surface area contributed by atoms with Crippen molar-refractivity contribution in [3.63, 3.8) is 0 Å². The van der Waals surface area contributed by atoms with Crippen LogP contribution in [0.15, 0.2) is 89.9 Å². The van der Waals surface area contributed by atoms with Crippen LogP contribution in [0, 0.1) is 0 Å². The third-order valence-electron chi connectivity index (χ3n) is 7.82. The molecule has 10 heteroatoms. The Morgan fingerprint density at radius 2 is 1.79 bits per heavy atom. The van der Waals surface area contributed by atoms with Gasteiger partial charge in [0.25, 0.3) is 11.5 Å². The van der Waals surface area contributed by atoms with E-state index in [0.29, 0.717) is 54.4 Å². The number of aromatic nitrogens is 4. The highest BCUT2D eigenvalue weighted by atomic mass is 16.5. The first-order chi connectivity index (χ1) is 20.6. The van der Waals surface area contributed by atoms with Crippen LogP contribution in [0.4, 0.5) is 5.82 Å². The fourth-order valence-electron chi connectivity index (χ4n) is 5.67. The molecule has 0 saturated carbocycles. The monoisotopic (exact) mass is 560 g/mol. The van der Waals surface area contributed by atoms with Crippen molar-refractivity contribution in [1.29, 1.82) is 0 Å². The number of anilines is 1. The Bertz CT molecular complexity index is 1850. The van der Waals surface area contributed by atoms with Crippen molar-refractivity contribution in [3.05, 3.63) is 112 Å². The average Bonchev–Trinajstić information content (AvgIpc) is 3.47. The van der Waals surface area contributed by atoms with Gasteiger partial charge in [0, 0.05) is 42.9 Å². The predicted molar refractivity (Wildman–Crippen MR) is 156 cm³/mol. The van der Waals surface area contributed by atoms with E-state index in [2.05, 4.69) is 10.1 Å². The van der Waals surface area contributed by atoms with Crippen LogP contribution in [0.5, 0.6) is 5.75 Å². The number of carbonyl (C=O) groups excluding carboxylic acids is 2. The number of hydrogen-bond donors (Lipinski definition) is 1. The summed E-state index contributed by atoms with van der Waals surface area (Å²) in [6, 6.07) is 24.6. The number of ether oxygens (including phenoxy) is 1. The molecule has 0 saturated heterocycles. The van der Waals surface area contributed by atoms with E-state index in [4.69, 9.17) is 9.72 Å². The molecule has 0 aliphatic carbocycles. The second-order valence-electron chi connectivity index (χ2n) is 10.5. The number of fused-ring (bicyclic) bond motifs is 3. The Morgan fingerprint density at radius 1 is 1.00 bits per heavy atom. The molecule has 0 radical (unpaired) electrons. The lowest BCUT2D eigenvalue weighted by Crippen LogP contribution is -2.43. The SMILES string of the molecule is O=C(CCCN1C(=O)[C@H](c2ccccc2)Oc2cccnc21)N1CCc2c(nc3cc(-c4ccccc4)[nH]n3c2=O)C1. The molecule has 210 valence electrons. The van der Waals surface area contributed by atoms with Crippen LogP contribution in [-0.2, 0) is 22.6 Å². The second-order valence-corrected chi connectivity index (χ2v) is 10.5. The minimum Gasteiger partial charge on any atom is -0.472 e. The zero-order valence-electron chi connectivity index (χ0n) is 22.8. The first-order valence-corrected chi connectivity index (χ1v) is 14.0. The van der Waals surface area contributed by atoms with Crippen molar-refractivity contribution < 1.29 is 14.3 Å². The molecule has 0 spiro atoms. The average molecular weight is 561 g/mol. The van der Waals surface area contributed by atoms with Crippen LogP contribution in [0.2, 0.25) is 0 Å². The van der Waals surface area contributed by atoms with Crippen molar-refractivity contribution in [2.45, 2.75) is 31.9 Å². The summed E-state index contributed by atoms with van der Waals surface area (Å²) in [6.45, 7) is 1.05. The van der Waals surface area contributed by atoms with E-state index in [9.17, 15) is 14.4 Å². The second kappa shape index (κ2) is 10.6. The number of nitrogens with one attached hydrogen (secondary N) is 1. The molecule has 2 aliphatic heterocycles. The van der Waals surface area contributed by atoms with E-state index in [-0.39, 0.29) is 30.3 Å². The Balaban J connectivity index is 1.05. The van der Waals surface area contributed by atoms with E-state index in [1.165, 1.54) is 4.52 Å². The minimum atomic E-state index is -0.768. The fourth-order valence-corrected chi connectivity index (χ4v) is 5.67. The van der Waals surface area contributed by atoms with Gasteiger partial charge >= 0.3 is 0 Å². The maximum absolute atomic E-state index is 13.5. The standard InChI is InChI=1S/C32H28N6O4/c39-28(14-8-17-37-30-26(13-7-16-33-30)42-29(32(37)41)22-11-5-2-6-12-22)36-18-15-23-25(20-36)34-27-19-24(35-38(27)31(23)40)21-9-3-1-4-10-21/h1-7,9-13,16,19,29,35H,8,14-15,17-18,20H2/t29-/m0/s1. The molecule has 10 nitrogen and oxygen atoms in total. The van der Waals surface area contributed by atoms with Gasteiger partial charge in [0.2, 0.25) is 12.0 Å². The van der Waals surface area contributed by atoms with E-state index in [1.54, 1.807) is 28.1 Å². The first kappa shape index (κ1) is 25.7. The quantitative estimate of drug-likeness (QED) is 0.337. The van der Waals surface area contributed by atoms with Crippen LogP contribution >= 0.6 is 0 Å². The molecule has 0 unspecified atom stereocenters. The van der Waals surface area contributed by atoms with Gasteiger partial charge in [-0.25, -0.2) is 14.5 Å². The first-order valence-electron chi connectivity index (χ1n) is 14.0. The van der Waals surface area contributed by atoms with E-state index >= 15 is 0 Å². The highest BCUT2D eigenvalue weighted by molar-refractivity contribution is 5.99. The number of pyridine rings is 1. The number of amides is 2. The lowest BCUT2D eigenvalue weighted by molar-refractivity contribution is -0.132. The van der Waals surface area contributed by atoms with E-state index in [0.717, 1.165) is 16.8 Å². The zero-order chi connectivity index (χ0) is 28.6. The number of H-pyrrole nitrogens is 1. The molecule has 2 amide bonds. The van der Waals surface area contributed by atoms with Crippen LogP contribution in [0.1, 0.15) is 35.8 Å². The minimum absolute atomic E-state index is 0.0387. The molecule has 3 aromatic heterocycles. The number of benzene rings is 2. The van der Waals surface area contributed by atoms with E-state index < -0.39 is 6.10 Å². The van der Waals surface area contributed by atoms with Crippen LogP contribution in [0.3, 0.4) is 0 Å². The van der Waals surface area contributed by atoms with Gasteiger partial charge in [-0.1, -0.05) is 60.7 Å². The molecule has 0 bridgehead atoms. The summed E-state index contributed by atoms with van der Waals surface area (Å²) in [5.41, 5.74) is 4.19. The molecule has 1 atom stereocenters. The molecule has 2 aliphatic rings. The zero-order valence-corrected chi connectivity index (χ0v) is 22.8. The predicted octanol–water partition coefficient (Wildman–Crippen LogP) is 3.92. The highest BCUT2D eigenvalue weighted by Crippen LogP contribution is 2.37. The lowest BCUT2D eigenvalue weighted by Gasteiger charge is -2.33. The molecule has 42 heavy (non-hydrogen) atoms. The Morgan fingerprint density at radius 3 is 2.60 bits per heavy atom. The van der Waals surface area contributed by atoms with Gasteiger partial charge in [-0.3, -0.25) is 24.4 Å². The molecular weight excluding hydrogens is 532 g/mol. The van der Waals surface area contributed by atoms with Gasteiger partial charge in [-0.15, -0.1) is 0 Å². The van der Waals surface area contributed by atoms with Gasteiger partial charge < -0.3 is 9.64 Å². The van der Waals surface area contributed by atoms with Crippen LogP contribution < -0.4 is 15.2 Å². The number of rotatable bonds is 6. The van der Waals surface area contributed by atoms with Crippen molar-refractivity contribution in [2.24, 2.45) is 0 Å². The molecule has 0 fully saturated rings. The Hall–Kier alpha value is -5.25. The van der Waals surface area contributed by atoms with Crippen molar-refractivity contribution in [3.8, 4) is 17.0 Å². The van der Waals surface area contributed by atoms with Crippen molar-refractivity contribution in [1.82, 2.24) is 24.5 Å². The number of nitrogens with zero attached hydrogens (tertiary/aromatic N) is 5. The Labute approximate surface area is 241 Å². The van der Waals surface area contributed by atoms with Gasteiger partial charge in [-0.05, 0) is 30.5 Å². The third kappa shape index (κ3) is 4.60. The lowest BCUT2D eigenvalue weighted by atomic mass is 10.1. The molecule has 2 aromatic carbocycles. The van der Waals surface area contributed by atoms with Crippen LogP contribution in [-0.4, -0.2) is 49.4 Å². The molecule has 5 heterocycles. The van der Waals surface area contributed by atoms with Gasteiger partial charge in [-0.2, -0.15) is 0 Å². The summed E-state index contributed by atoms with van der Waals surface area (Å²) in [4.78, 5) is 52.5. The summed E-state index contributed by atoms with van der Waals surface area (Å²) >= 11 is 0. The smallest absolute Gasteiger partial charge is 0.276 e. The fraction of sp³-hybridized carbons (Fsp3) is 0.219. The van der Waals surface area contributed by atoms with Gasteiger partial charge in [0.15, 0.2) is 17.2 Å². The molecular formula is C32H28N6O4. The normalized spacial score (nSPS) is 16.2. The van der Waals surface area contributed by atoms with Gasteiger partial charge in [0.1, 0.15) is 0 Å². The number of aromatic amines is 1. The number of hydrogen-bond acceptors (Lipinski definition) is 6. The van der Waals surface area contributed by atoms with Gasteiger partial charge in [0.05, 0.1) is 17.9 Å². The summed E-state index contributed by atoms with van der Waals surface area (Å²) in [6.07, 6.45) is 2.00. The summed E-state index contributed by atoms with van der Waals surface area (Å²) in [5.74, 6) is 0.753. The Kier molecular flexibility index (Phi) is 6.50. The summed E-state index contributed by atoms with van der Waals surface area (Å²) < 4.78 is 7.50. The largest absolute Gasteiger partial charge is 0.472 e. The third-order valence-corrected chi connectivity index (χ3v) is 7.82. The van der Waals surface area contributed by atoms with Crippen LogP contribution in [0.25, 0.3) is 16.9 Å². The molecule has 1 N–H and O–H groups in total. The topological polar surface area (TPSA) is 113 Å². The van der Waals surface area contributed by atoms with Crippen molar-refractivity contribution >= 4 is 23.3 Å². The number of carbonyl (C=O) groups is 2.